The number of morpholine rings is 1. The molecule has 2 saturated heterocycles. The van der Waals surface area contributed by atoms with Gasteiger partial charge in [-0.05, 0) is 20.8 Å². The Balaban J connectivity index is 2.00. The van der Waals surface area contributed by atoms with E-state index < -0.39 is 5.60 Å². The molecule has 0 radical (unpaired) electrons. The number of rotatable bonds is 0. The Morgan fingerprint density at radius 1 is 1.44 bits per heavy atom. The quantitative estimate of drug-likeness (QED) is 0.659. The Labute approximate surface area is 96.1 Å². The Morgan fingerprint density at radius 3 is 2.88 bits per heavy atom. The standard InChI is InChI=1S/C11H20N2O3/c1-11(2,3)16-10(14)13-4-5-15-9-7-12-6-8(9)13/h8-9,12H,4-7H2,1-3H3/t8-,9+/m0/s1. The molecule has 0 saturated carbocycles. The van der Waals surface area contributed by atoms with E-state index in [1.54, 1.807) is 4.90 Å². The number of amides is 1. The molecule has 0 bridgehead atoms. The fraction of sp³-hybridized carbons (Fsp3) is 0.909. The summed E-state index contributed by atoms with van der Waals surface area (Å²) in [7, 11) is 0. The second kappa shape index (κ2) is 4.22. The van der Waals surface area contributed by atoms with Gasteiger partial charge in [0.15, 0.2) is 0 Å². The minimum absolute atomic E-state index is 0.126. The molecule has 2 aliphatic rings. The molecule has 1 N–H and O–H groups in total. The SMILES string of the molecule is CC(C)(C)OC(=O)N1CCO[C@@H]2CNC[C@@H]21. The van der Waals surface area contributed by atoms with Gasteiger partial charge in [0, 0.05) is 19.6 Å². The van der Waals surface area contributed by atoms with Gasteiger partial charge in [-0.3, -0.25) is 4.90 Å². The van der Waals surface area contributed by atoms with Gasteiger partial charge in [-0.25, -0.2) is 4.79 Å². The first-order chi connectivity index (χ1) is 7.47. The van der Waals surface area contributed by atoms with E-state index in [1.165, 1.54) is 0 Å². The first-order valence-corrected chi connectivity index (χ1v) is 5.79. The van der Waals surface area contributed by atoms with Crippen LogP contribution in [-0.2, 0) is 9.47 Å². The smallest absolute Gasteiger partial charge is 0.410 e. The summed E-state index contributed by atoms with van der Waals surface area (Å²) in [6.07, 6.45) is -0.101. The Morgan fingerprint density at radius 2 is 2.19 bits per heavy atom. The fourth-order valence-corrected chi connectivity index (χ4v) is 2.14. The van der Waals surface area contributed by atoms with Gasteiger partial charge >= 0.3 is 6.09 Å². The third kappa shape index (κ3) is 2.47. The summed E-state index contributed by atoms with van der Waals surface area (Å²) in [6, 6.07) is 0.128. The van der Waals surface area contributed by atoms with E-state index in [0.717, 1.165) is 13.1 Å². The molecule has 0 spiro atoms. The minimum Gasteiger partial charge on any atom is -0.444 e. The molecular formula is C11H20N2O3. The lowest BCUT2D eigenvalue weighted by molar-refractivity contribution is -0.0567. The van der Waals surface area contributed by atoms with Crippen molar-refractivity contribution in [3.63, 3.8) is 0 Å². The van der Waals surface area contributed by atoms with Crippen LogP contribution in [0.25, 0.3) is 0 Å². The molecule has 2 rings (SSSR count). The van der Waals surface area contributed by atoms with Gasteiger partial charge in [-0.15, -0.1) is 0 Å². The molecule has 0 unspecified atom stereocenters. The van der Waals surface area contributed by atoms with Crippen LogP contribution in [0.4, 0.5) is 4.79 Å². The van der Waals surface area contributed by atoms with Crippen LogP contribution in [0.2, 0.25) is 0 Å². The van der Waals surface area contributed by atoms with Crippen molar-refractivity contribution in [2.45, 2.75) is 38.5 Å². The van der Waals surface area contributed by atoms with Gasteiger partial charge < -0.3 is 14.8 Å². The minimum atomic E-state index is -0.434. The molecule has 0 aromatic rings. The molecule has 0 aliphatic carbocycles. The summed E-state index contributed by atoms with van der Waals surface area (Å²) in [5, 5.41) is 3.24. The third-order valence-corrected chi connectivity index (χ3v) is 2.82. The van der Waals surface area contributed by atoms with Gasteiger partial charge in [0.05, 0.1) is 18.8 Å². The summed E-state index contributed by atoms with van der Waals surface area (Å²) in [4.78, 5) is 13.8. The molecule has 92 valence electrons. The summed E-state index contributed by atoms with van der Waals surface area (Å²) in [5.41, 5.74) is -0.434. The average molecular weight is 228 g/mol. The molecule has 0 aromatic carbocycles. The lowest BCUT2D eigenvalue weighted by atomic mass is 10.1. The normalized spacial score (nSPS) is 30.1. The second-order valence-corrected chi connectivity index (χ2v) is 5.31. The van der Waals surface area contributed by atoms with Crippen molar-refractivity contribution in [3.05, 3.63) is 0 Å². The van der Waals surface area contributed by atoms with E-state index in [2.05, 4.69) is 5.32 Å². The zero-order chi connectivity index (χ0) is 11.8. The Hall–Kier alpha value is -0.810. The fourth-order valence-electron chi connectivity index (χ4n) is 2.14. The van der Waals surface area contributed by atoms with Crippen molar-refractivity contribution in [1.82, 2.24) is 10.2 Å². The highest BCUT2D eigenvalue weighted by atomic mass is 16.6. The largest absolute Gasteiger partial charge is 0.444 e. The third-order valence-electron chi connectivity index (χ3n) is 2.82. The van der Waals surface area contributed by atoms with E-state index in [-0.39, 0.29) is 18.2 Å². The van der Waals surface area contributed by atoms with E-state index >= 15 is 0 Å². The lowest BCUT2D eigenvalue weighted by Gasteiger charge is -2.37. The van der Waals surface area contributed by atoms with Crippen LogP contribution in [0, 0.1) is 0 Å². The second-order valence-electron chi connectivity index (χ2n) is 5.31. The molecule has 0 aromatic heterocycles. The molecule has 2 aliphatic heterocycles. The highest BCUT2D eigenvalue weighted by Gasteiger charge is 2.39. The van der Waals surface area contributed by atoms with Crippen molar-refractivity contribution < 1.29 is 14.3 Å². The number of ether oxygens (including phenoxy) is 2. The van der Waals surface area contributed by atoms with E-state index in [9.17, 15) is 4.79 Å². The van der Waals surface area contributed by atoms with Crippen LogP contribution in [0.1, 0.15) is 20.8 Å². The average Bonchev–Trinajstić information content (AvgIpc) is 2.61. The van der Waals surface area contributed by atoms with Crippen molar-refractivity contribution in [2.75, 3.05) is 26.2 Å². The molecule has 5 nitrogen and oxygen atoms in total. The van der Waals surface area contributed by atoms with Crippen molar-refractivity contribution >= 4 is 6.09 Å². The molecule has 2 fully saturated rings. The van der Waals surface area contributed by atoms with Crippen LogP contribution in [0.5, 0.6) is 0 Å². The summed E-state index contributed by atoms with van der Waals surface area (Å²) in [6.45, 7) is 8.49. The van der Waals surface area contributed by atoms with Gasteiger partial charge in [0.2, 0.25) is 0 Å². The first-order valence-electron chi connectivity index (χ1n) is 5.79. The predicted octanol–water partition coefficient (Wildman–Crippen LogP) is 0.594. The van der Waals surface area contributed by atoms with Crippen molar-refractivity contribution in [2.24, 2.45) is 0 Å². The number of carbonyl (C=O) groups excluding carboxylic acids is 1. The van der Waals surface area contributed by atoms with Gasteiger partial charge in [0.25, 0.3) is 0 Å². The van der Waals surface area contributed by atoms with Crippen LogP contribution in [0.3, 0.4) is 0 Å². The van der Waals surface area contributed by atoms with E-state index in [0.29, 0.717) is 13.2 Å². The van der Waals surface area contributed by atoms with Crippen LogP contribution >= 0.6 is 0 Å². The molecule has 2 heterocycles. The molecule has 1 amide bonds. The number of hydrogen-bond donors (Lipinski definition) is 1. The maximum absolute atomic E-state index is 12.0. The lowest BCUT2D eigenvalue weighted by Crippen LogP contribution is -2.54. The summed E-state index contributed by atoms with van der Waals surface area (Å²) >= 11 is 0. The van der Waals surface area contributed by atoms with Gasteiger partial charge in [-0.1, -0.05) is 0 Å². The highest BCUT2D eigenvalue weighted by molar-refractivity contribution is 5.69. The molecule has 5 heteroatoms. The maximum Gasteiger partial charge on any atom is 0.410 e. The number of carbonyl (C=O) groups is 1. The Kier molecular flexibility index (Phi) is 3.08. The topological polar surface area (TPSA) is 50.8 Å². The van der Waals surface area contributed by atoms with Crippen LogP contribution in [0.15, 0.2) is 0 Å². The number of nitrogens with one attached hydrogen (secondary N) is 1. The molecular weight excluding hydrogens is 208 g/mol. The summed E-state index contributed by atoms with van der Waals surface area (Å²) < 4.78 is 11.0. The molecule has 2 atom stereocenters. The number of hydrogen-bond acceptors (Lipinski definition) is 4. The monoisotopic (exact) mass is 228 g/mol. The number of nitrogens with zero attached hydrogens (tertiary/aromatic N) is 1. The van der Waals surface area contributed by atoms with Crippen molar-refractivity contribution in [1.29, 1.82) is 0 Å². The van der Waals surface area contributed by atoms with E-state index in [1.807, 2.05) is 20.8 Å². The summed E-state index contributed by atoms with van der Waals surface area (Å²) in [5.74, 6) is 0. The Bertz CT molecular complexity index is 275. The van der Waals surface area contributed by atoms with Gasteiger partial charge in [-0.2, -0.15) is 0 Å². The van der Waals surface area contributed by atoms with Crippen molar-refractivity contribution in [3.8, 4) is 0 Å². The predicted molar refractivity (Wildman–Crippen MR) is 59.3 cm³/mol. The zero-order valence-corrected chi connectivity index (χ0v) is 10.2. The van der Waals surface area contributed by atoms with E-state index in [4.69, 9.17) is 9.47 Å². The van der Waals surface area contributed by atoms with Crippen LogP contribution < -0.4 is 5.32 Å². The van der Waals surface area contributed by atoms with Crippen LogP contribution in [-0.4, -0.2) is 55.0 Å². The highest BCUT2D eigenvalue weighted by Crippen LogP contribution is 2.20. The molecule has 16 heavy (non-hydrogen) atoms. The van der Waals surface area contributed by atoms with Gasteiger partial charge in [0.1, 0.15) is 5.60 Å². The maximum atomic E-state index is 12.0. The first kappa shape index (κ1) is 11.7. The zero-order valence-electron chi connectivity index (χ0n) is 10.2. The number of fused-ring (bicyclic) bond motifs is 1.